The van der Waals surface area contributed by atoms with Crippen molar-refractivity contribution in [2.45, 2.75) is 71.1 Å². The second-order valence-corrected chi connectivity index (χ2v) is 6.41. The van der Waals surface area contributed by atoms with E-state index in [4.69, 9.17) is 5.11 Å². The van der Waals surface area contributed by atoms with Gasteiger partial charge in [-0.05, 0) is 44.9 Å². The van der Waals surface area contributed by atoms with Crippen LogP contribution in [0.2, 0.25) is 0 Å². The first-order valence-corrected chi connectivity index (χ1v) is 10.4. The Morgan fingerprint density at radius 3 is 1.70 bits per heavy atom. The van der Waals surface area contributed by atoms with Crippen molar-refractivity contribution < 1.29 is 9.90 Å². The largest absolute Gasteiger partial charge is 0.395 e. The van der Waals surface area contributed by atoms with Crippen molar-refractivity contribution in [3.8, 4) is 0 Å². The zero-order valence-electron chi connectivity index (χ0n) is 17.1. The molecule has 1 amide bonds. The number of unbranched alkanes of at least 4 members (excludes halogenated alkanes) is 3. The van der Waals surface area contributed by atoms with E-state index in [9.17, 15) is 4.79 Å². The number of rotatable bonds is 17. The minimum absolute atomic E-state index is 0.00630. The highest BCUT2D eigenvalue weighted by Crippen LogP contribution is 2.01. The van der Waals surface area contributed by atoms with Crippen molar-refractivity contribution in [1.82, 2.24) is 5.32 Å². The number of aliphatic hydroxyl groups excluding tert-OH is 1. The summed E-state index contributed by atoms with van der Waals surface area (Å²) >= 11 is 0. The van der Waals surface area contributed by atoms with E-state index in [0.717, 1.165) is 32.1 Å². The lowest BCUT2D eigenvalue weighted by atomic mass is 10.2. The molecule has 27 heavy (non-hydrogen) atoms. The normalized spacial score (nSPS) is 12.5. The summed E-state index contributed by atoms with van der Waals surface area (Å²) in [5.41, 5.74) is 0. The summed E-state index contributed by atoms with van der Waals surface area (Å²) in [5.74, 6) is -0.00794. The Morgan fingerprint density at radius 2 is 1.22 bits per heavy atom. The van der Waals surface area contributed by atoms with Crippen molar-refractivity contribution in [3.05, 3.63) is 60.8 Å². The summed E-state index contributed by atoms with van der Waals surface area (Å²) in [6.45, 7) is 2.57. The van der Waals surface area contributed by atoms with E-state index < -0.39 is 0 Å². The fourth-order valence-corrected chi connectivity index (χ4v) is 2.33. The first kappa shape index (κ1) is 25.1. The van der Waals surface area contributed by atoms with Crippen molar-refractivity contribution >= 4 is 5.91 Å². The molecule has 0 rings (SSSR count). The van der Waals surface area contributed by atoms with Crippen LogP contribution in [0.3, 0.4) is 0 Å². The Balaban J connectivity index is 3.50. The molecule has 0 aromatic carbocycles. The molecule has 0 unspecified atom stereocenters. The van der Waals surface area contributed by atoms with E-state index >= 15 is 0 Å². The molecule has 0 bridgehead atoms. The van der Waals surface area contributed by atoms with Gasteiger partial charge in [-0.1, -0.05) is 80.5 Å². The number of hydrogen-bond acceptors (Lipinski definition) is 2. The average molecular weight is 374 g/mol. The summed E-state index contributed by atoms with van der Waals surface area (Å²) in [4.78, 5) is 11.3. The minimum atomic E-state index is -0.00794. The molecule has 3 heteroatoms. The molecule has 0 aromatic rings. The van der Waals surface area contributed by atoms with E-state index in [1.165, 1.54) is 25.7 Å². The topological polar surface area (TPSA) is 49.3 Å². The number of carbonyl (C=O) groups is 1. The van der Waals surface area contributed by atoms with Crippen LogP contribution in [0, 0.1) is 0 Å². The lowest BCUT2D eigenvalue weighted by Gasteiger charge is -1.99. The van der Waals surface area contributed by atoms with Crippen LogP contribution in [0.5, 0.6) is 0 Å². The van der Waals surface area contributed by atoms with Crippen molar-refractivity contribution in [3.63, 3.8) is 0 Å². The monoisotopic (exact) mass is 373 g/mol. The smallest absolute Gasteiger partial charge is 0.220 e. The third-order valence-electron chi connectivity index (χ3n) is 3.87. The third kappa shape index (κ3) is 22.1. The summed E-state index contributed by atoms with van der Waals surface area (Å²) < 4.78 is 0. The SMILES string of the molecule is CCCCC/C=C/C/C=C/C/C=C/C/C=C/C/C=C/CCC(=O)NCCO. The van der Waals surface area contributed by atoms with Gasteiger partial charge in [0.2, 0.25) is 5.91 Å². The van der Waals surface area contributed by atoms with Crippen LogP contribution in [0.4, 0.5) is 0 Å². The number of aliphatic hydroxyl groups is 1. The van der Waals surface area contributed by atoms with E-state index in [1.54, 1.807) is 0 Å². The Morgan fingerprint density at radius 1 is 0.741 bits per heavy atom. The number of carbonyl (C=O) groups excluding carboxylic acids is 1. The Hall–Kier alpha value is -1.87. The molecular formula is C24H39NO2. The van der Waals surface area contributed by atoms with Crippen molar-refractivity contribution in [2.24, 2.45) is 0 Å². The van der Waals surface area contributed by atoms with Gasteiger partial charge < -0.3 is 10.4 Å². The van der Waals surface area contributed by atoms with Crippen LogP contribution in [0.1, 0.15) is 71.1 Å². The summed E-state index contributed by atoms with van der Waals surface area (Å²) in [6.07, 6.45) is 32.1. The van der Waals surface area contributed by atoms with Crippen LogP contribution in [-0.2, 0) is 4.79 Å². The molecule has 0 aliphatic heterocycles. The fourth-order valence-electron chi connectivity index (χ4n) is 2.33. The lowest BCUT2D eigenvalue weighted by molar-refractivity contribution is -0.121. The molecule has 0 spiro atoms. The molecule has 3 nitrogen and oxygen atoms in total. The Labute approximate surface area is 166 Å². The van der Waals surface area contributed by atoms with Gasteiger partial charge >= 0.3 is 0 Å². The van der Waals surface area contributed by atoms with Gasteiger partial charge in [0.1, 0.15) is 0 Å². The molecule has 0 radical (unpaired) electrons. The second-order valence-electron chi connectivity index (χ2n) is 6.41. The Kier molecular flexibility index (Phi) is 20.6. The van der Waals surface area contributed by atoms with Gasteiger partial charge in [-0.3, -0.25) is 4.79 Å². The van der Waals surface area contributed by atoms with Gasteiger partial charge in [-0.2, -0.15) is 0 Å². The summed E-state index contributed by atoms with van der Waals surface area (Å²) in [7, 11) is 0. The Bertz CT molecular complexity index is 473. The summed E-state index contributed by atoms with van der Waals surface area (Å²) in [6, 6.07) is 0. The molecule has 0 saturated carbocycles. The van der Waals surface area contributed by atoms with Gasteiger partial charge in [0.25, 0.3) is 0 Å². The predicted octanol–water partition coefficient (Wildman–Crippen LogP) is 5.80. The van der Waals surface area contributed by atoms with E-state index in [2.05, 4.69) is 66.9 Å². The van der Waals surface area contributed by atoms with Crippen LogP contribution in [0.15, 0.2) is 60.8 Å². The molecule has 0 aliphatic rings. The second kappa shape index (κ2) is 22.2. The van der Waals surface area contributed by atoms with E-state index in [0.29, 0.717) is 13.0 Å². The third-order valence-corrected chi connectivity index (χ3v) is 3.87. The molecule has 0 atom stereocenters. The molecule has 152 valence electrons. The average Bonchev–Trinajstić information content (AvgIpc) is 2.68. The van der Waals surface area contributed by atoms with Gasteiger partial charge in [-0.25, -0.2) is 0 Å². The maximum Gasteiger partial charge on any atom is 0.220 e. The van der Waals surface area contributed by atoms with Gasteiger partial charge in [0, 0.05) is 13.0 Å². The molecule has 0 heterocycles. The predicted molar refractivity (Wildman–Crippen MR) is 118 cm³/mol. The zero-order valence-corrected chi connectivity index (χ0v) is 17.1. The standard InChI is InChI=1S/C24H39NO2/c1-2-3-4-5-6-7-8-9-10-11-12-13-14-15-16-17-18-19-20-21-24(27)25-22-23-26/h6-7,9-10,12-13,15-16,18-19,26H,2-5,8,11,14,17,20-23H2,1H3,(H,25,27)/b7-6+,10-9+,13-12+,16-15+,19-18+. The van der Waals surface area contributed by atoms with Crippen LogP contribution >= 0.6 is 0 Å². The van der Waals surface area contributed by atoms with Crippen LogP contribution in [0.25, 0.3) is 0 Å². The number of nitrogens with one attached hydrogen (secondary N) is 1. The quantitative estimate of drug-likeness (QED) is 0.250. The van der Waals surface area contributed by atoms with Crippen molar-refractivity contribution in [2.75, 3.05) is 13.2 Å². The molecule has 0 saturated heterocycles. The van der Waals surface area contributed by atoms with Gasteiger partial charge in [0.05, 0.1) is 6.61 Å². The highest BCUT2D eigenvalue weighted by atomic mass is 16.3. The highest BCUT2D eigenvalue weighted by molar-refractivity contribution is 5.75. The van der Waals surface area contributed by atoms with Crippen LogP contribution < -0.4 is 5.32 Å². The fraction of sp³-hybridized carbons (Fsp3) is 0.542. The lowest BCUT2D eigenvalue weighted by Crippen LogP contribution is -2.25. The van der Waals surface area contributed by atoms with Crippen LogP contribution in [-0.4, -0.2) is 24.2 Å². The van der Waals surface area contributed by atoms with Crippen molar-refractivity contribution in [1.29, 1.82) is 0 Å². The maximum atomic E-state index is 11.3. The van der Waals surface area contributed by atoms with E-state index in [1.807, 2.05) is 6.08 Å². The minimum Gasteiger partial charge on any atom is -0.395 e. The van der Waals surface area contributed by atoms with Gasteiger partial charge in [-0.15, -0.1) is 0 Å². The van der Waals surface area contributed by atoms with E-state index in [-0.39, 0.29) is 12.5 Å². The number of amides is 1. The molecule has 2 N–H and O–H groups in total. The molecule has 0 aromatic heterocycles. The number of allylic oxidation sites excluding steroid dienone is 10. The maximum absolute atomic E-state index is 11.3. The first-order chi connectivity index (χ1) is 13.3. The zero-order chi connectivity index (χ0) is 19.8. The van der Waals surface area contributed by atoms with Gasteiger partial charge in [0.15, 0.2) is 0 Å². The number of hydrogen-bond donors (Lipinski definition) is 2. The molecule has 0 fully saturated rings. The summed E-state index contributed by atoms with van der Waals surface area (Å²) in [5, 5.41) is 11.2. The molecule has 0 aliphatic carbocycles. The first-order valence-electron chi connectivity index (χ1n) is 10.4. The highest BCUT2D eigenvalue weighted by Gasteiger charge is 1.96. The molecular weight excluding hydrogens is 334 g/mol.